The van der Waals surface area contributed by atoms with E-state index in [-0.39, 0.29) is 0 Å². The SMILES string of the molecule is Cc1nc(CNCc2ccccc2C)n[nH]1. The summed E-state index contributed by atoms with van der Waals surface area (Å²) in [6, 6.07) is 8.36. The molecule has 0 amide bonds. The van der Waals surface area contributed by atoms with E-state index in [4.69, 9.17) is 0 Å². The van der Waals surface area contributed by atoms with Gasteiger partial charge in [-0.25, -0.2) is 4.98 Å². The normalized spacial score (nSPS) is 10.6. The molecule has 0 saturated carbocycles. The largest absolute Gasteiger partial charge is 0.306 e. The van der Waals surface area contributed by atoms with Crippen molar-refractivity contribution in [1.82, 2.24) is 20.5 Å². The van der Waals surface area contributed by atoms with Crippen molar-refractivity contribution in [3.05, 3.63) is 47.0 Å². The number of rotatable bonds is 4. The molecule has 1 heterocycles. The predicted molar refractivity (Wildman–Crippen MR) is 62.8 cm³/mol. The molecule has 0 fully saturated rings. The summed E-state index contributed by atoms with van der Waals surface area (Å²) in [5.74, 6) is 1.67. The fourth-order valence-corrected chi connectivity index (χ4v) is 1.59. The maximum atomic E-state index is 4.24. The topological polar surface area (TPSA) is 53.6 Å². The number of aryl methyl sites for hydroxylation is 2. The number of nitrogens with one attached hydrogen (secondary N) is 2. The van der Waals surface area contributed by atoms with Crippen LogP contribution in [0.25, 0.3) is 0 Å². The average molecular weight is 216 g/mol. The molecule has 0 aliphatic rings. The van der Waals surface area contributed by atoms with Crippen LogP contribution in [0, 0.1) is 13.8 Å². The van der Waals surface area contributed by atoms with Gasteiger partial charge in [-0.3, -0.25) is 5.10 Å². The number of benzene rings is 1. The van der Waals surface area contributed by atoms with Gasteiger partial charge in [0.15, 0.2) is 5.82 Å². The maximum Gasteiger partial charge on any atom is 0.164 e. The number of H-pyrrole nitrogens is 1. The molecule has 1 aromatic heterocycles. The van der Waals surface area contributed by atoms with Crippen LogP contribution in [0.1, 0.15) is 22.8 Å². The van der Waals surface area contributed by atoms with Crippen molar-refractivity contribution >= 4 is 0 Å². The zero-order chi connectivity index (χ0) is 11.4. The Kier molecular flexibility index (Phi) is 3.31. The van der Waals surface area contributed by atoms with Gasteiger partial charge >= 0.3 is 0 Å². The Labute approximate surface area is 95.1 Å². The third-order valence-corrected chi connectivity index (χ3v) is 2.50. The highest BCUT2D eigenvalue weighted by Gasteiger charge is 2.00. The van der Waals surface area contributed by atoms with Gasteiger partial charge < -0.3 is 5.32 Å². The zero-order valence-corrected chi connectivity index (χ0v) is 9.62. The quantitative estimate of drug-likeness (QED) is 0.818. The first-order valence-electron chi connectivity index (χ1n) is 5.39. The monoisotopic (exact) mass is 216 g/mol. The van der Waals surface area contributed by atoms with Crippen molar-refractivity contribution in [2.75, 3.05) is 0 Å². The molecule has 0 spiro atoms. The van der Waals surface area contributed by atoms with Gasteiger partial charge in [-0.15, -0.1) is 0 Å². The van der Waals surface area contributed by atoms with Crippen molar-refractivity contribution in [2.45, 2.75) is 26.9 Å². The Morgan fingerprint density at radius 3 is 2.69 bits per heavy atom. The lowest BCUT2D eigenvalue weighted by molar-refractivity contribution is 0.662. The van der Waals surface area contributed by atoms with Gasteiger partial charge in [0.1, 0.15) is 5.82 Å². The number of hydrogen-bond donors (Lipinski definition) is 2. The average Bonchev–Trinajstić information content (AvgIpc) is 2.67. The van der Waals surface area contributed by atoms with E-state index in [0.717, 1.165) is 18.2 Å². The molecule has 0 aliphatic carbocycles. The highest BCUT2D eigenvalue weighted by Crippen LogP contribution is 2.06. The van der Waals surface area contributed by atoms with Crippen molar-refractivity contribution in [3.63, 3.8) is 0 Å². The first-order valence-corrected chi connectivity index (χ1v) is 5.39. The molecule has 1 aromatic carbocycles. The second-order valence-corrected chi connectivity index (χ2v) is 3.87. The standard InChI is InChI=1S/C12H16N4/c1-9-5-3-4-6-11(9)7-13-8-12-14-10(2)15-16-12/h3-6,13H,7-8H2,1-2H3,(H,14,15,16). The lowest BCUT2D eigenvalue weighted by atomic mass is 10.1. The third-order valence-electron chi connectivity index (χ3n) is 2.50. The molecule has 4 heteroatoms. The molecule has 0 saturated heterocycles. The molecule has 0 aliphatic heterocycles. The fourth-order valence-electron chi connectivity index (χ4n) is 1.59. The molecule has 0 bridgehead atoms. The van der Waals surface area contributed by atoms with Crippen molar-refractivity contribution in [1.29, 1.82) is 0 Å². The Balaban J connectivity index is 1.87. The van der Waals surface area contributed by atoms with Gasteiger partial charge in [-0.1, -0.05) is 24.3 Å². The molecule has 84 valence electrons. The van der Waals surface area contributed by atoms with Gasteiger partial charge in [0.05, 0.1) is 6.54 Å². The minimum absolute atomic E-state index is 0.693. The predicted octanol–water partition coefficient (Wildman–Crippen LogP) is 1.71. The van der Waals surface area contributed by atoms with Gasteiger partial charge in [0, 0.05) is 6.54 Å². The first-order chi connectivity index (χ1) is 7.75. The van der Waals surface area contributed by atoms with Crippen LogP contribution in [-0.4, -0.2) is 15.2 Å². The smallest absolute Gasteiger partial charge is 0.164 e. The van der Waals surface area contributed by atoms with Gasteiger partial charge in [-0.05, 0) is 25.0 Å². The minimum Gasteiger partial charge on any atom is -0.306 e. The van der Waals surface area contributed by atoms with Crippen LogP contribution in [0.2, 0.25) is 0 Å². The summed E-state index contributed by atoms with van der Waals surface area (Å²) in [4.78, 5) is 4.24. The van der Waals surface area contributed by atoms with Gasteiger partial charge in [0.2, 0.25) is 0 Å². The molecular weight excluding hydrogens is 200 g/mol. The maximum absolute atomic E-state index is 4.24. The molecule has 0 unspecified atom stereocenters. The number of hydrogen-bond acceptors (Lipinski definition) is 3. The van der Waals surface area contributed by atoms with Crippen LogP contribution in [0.3, 0.4) is 0 Å². The van der Waals surface area contributed by atoms with Crippen LogP contribution < -0.4 is 5.32 Å². The van der Waals surface area contributed by atoms with Gasteiger partial charge in [0.25, 0.3) is 0 Å². The van der Waals surface area contributed by atoms with E-state index in [1.165, 1.54) is 11.1 Å². The molecule has 0 radical (unpaired) electrons. The van der Waals surface area contributed by atoms with E-state index in [9.17, 15) is 0 Å². The van der Waals surface area contributed by atoms with Gasteiger partial charge in [-0.2, -0.15) is 5.10 Å². The lowest BCUT2D eigenvalue weighted by Crippen LogP contribution is -2.14. The molecule has 16 heavy (non-hydrogen) atoms. The molecular formula is C12H16N4. The Hall–Kier alpha value is -1.68. The van der Waals surface area contributed by atoms with E-state index in [1.807, 2.05) is 6.92 Å². The summed E-state index contributed by atoms with van der Waals surface area (Å²) in [7, 11) is 0. The lowest BCUT2D eigenvalue weighted by Gasteiger charge is -2.05. The highest BCUT2D eigenvalue weighted by atomic mass is 15.2. The van der Waals surface area contributed by atoms with E-state index in [2.05, 4.69) is 51.7 Å². The van der Waals surface area contributed by atoms with Crippen LogP contribution >= 0.6 is 0 Å². The summed E-state index contributed by atoms with van der Waals surface area (Å²) in [6.07, 6.45) is 0. The number of nitrogens with zero attached hydrogens (tertiary/aromatic N) is 2. The molecule has 2 aromatic rings. The number of aromatic amines is 1. The number of aromatic nitrogens is 3. The summed E-state index contributed by atoms with van der Waals surface area (Å²) in [5.41, 5.74) is 2.62. The van der Waals surface area contributed by atoms with Crippen LogP contribution in [0.15, 0.2) is 24.3 Å². The van der Waals surface area contributed by atoms with E-state index < -0.39 is 0 Å². The second kappa shape index (κ2) is 4.90. The Bertz CT molecular complexity index is 462. The molecule has 0 atom stereocenters. The zero-order valence-electron chi connectivity index (χ0n) is 9.62. The summed E-state index contributed by atoms with van der Waals surface area (Å²) in [5, 5.41) is 10.2. The molecule has 2 N–H and O–H groups in total. The Morgan fingerprint density at radius 1 is 1.19 bits per heavy atom. The first kappa shape index (κ1) is 10.8. The summed E-state index contributed by atoms with van der Waals surface area (Å²) in [6.45, 7) is 5.56. The van der Waals surface area contributed by atoms with E-state index in [1.54, 1.807) is 0 Å². The van der Waals surface area contributed by atoms with Crippen molar-refractivity contribution in [2.24, 2.45) is 0 Å². The minimum atomic E-state index is 0.693. The summed E-state index contributed by atoms with van der Waals surface area (Å²) >= 11 is 0. The van der Waals surface area contributed by atoms with Crippen molar-refractivity contribution in [3.8, 4) is 0 Å². The third kappa shape index (κ3) is 2.67. The second-order valence-electron chi connectivity index (χ2n) is 3.87. The fraction of sp³-hybridized carbons (Fsp3) is 0.333. The highest BCUT2D eigenvalue weighted by molar-refractivity contribution is 5.25. The van der Waals surface area contributed by atoms with Crippen LogP contribution in [0.4, 0.5) is 0 Å². The van der Waals surface area contributed by atoms with Crippen LogP contribution in [0.5, 0.6) is 0 Å². The van der Waals surface area contributed by atoms with Crippen LogP contribution in [-0.2, 0) is 13.1 Å². The van der Waals surface area contributed by atoms with E-state index >= 15 is 0 Å². The van der Waals surface area contributed by atoms with E-state index in [0.29, 0.717) is 6.54 Å². The molecule has 4 nitrogen and oxygen atoms in total. The Morgan fingerprint density at radius 2 is 2.00 bits per heavy atom. The van der Waals surface area contributed by atoms with Crippen molar-refractivity contribution < 1.29 is 0 Å². The summed E-state index contributed by atoms with van der Waals surface area (Å²) < 4.78 is 0. The molecule has 2 rings (SSSR count).